The molecule has 0 saturated carbocycles. The monoisotopic (exact) mass is 380 g/mol. The van der Waals surface area contributed by atoms with Gasteiger partial charge in [-0.25, -0.2) is 4.79 Å². The van der Waals surface area contributed by atoms with E-state index in [4.69, 9.17) is 9.47 Å². The third-order valence-electron chi connectivity index (χ3n) is 3.15. The van der Waals surface area contributed by atoms with E-state index in [1.807, 2.05) is 0 Å². The number of hydrogen-bond donors (Lipinski definition) is 0. The molecule has 0 aliphatic heterocycles. The van der Waals surface area contributed by atoms with Gasteiger partial charge in [-0.3, -0.25) is 19.8 Å². The van der Waals surface area contributed by atoms with E-state index in [9.17, 15) is 19.7 Å². The summed E-state index contributed by atoms with van der Waals surface area (Å²) in [6, 6.07) is 5.73. The molecule has 1 aromatic carbocycles. The van der Waals surface area contributed by atoms with Crippen LogP contribution in [0.15, 0.2) is 24.3 Å². The molecule has 0 bridgehead atoms. The van der Waals surface area contributed by atoms with Crippen LogP contribution in [-0.2, 0) is 14.3 Å². The van der Waals surface area contributed by atoms with Gasteiger partial charge in [0.2, 0.25) is 0 Å². The van der Waals surface area contributed by atoms with Crippen LogP contribution in [0.4, 0.5) is 16.2 Å². The van der Waals surface area contributed by atoms with Crippen LogP contribution in [0.3, 0.4) is 0 Å². The summed E-state index contributed by atoms with van der Waals surface area (Å²) in [5.41, 5.74) is -1.10. The fourth-order valence-electron chi connectivity index (χ4n) is 2.19. The molecule has 0 fully saturated rings. The maximum Gasteiger partial charge on any atom is 0.414 e. The standard InChI is InChI=1S/C19H28N2O6/c1-18(2,3)26-16(22)11-8-12-20(17(23)27-19(4,5)6)14-9-7-10-15(13-14)21(24)25/h7,9-10,13H,8,11-12H2,1-6H3. The zero-order chi connectivity index (χ0) is 20.8. The van der Waals surface area contributed by atoms with E-state index in [0.29, 0.717) is 12.1 Å². The number of benzene rings is 1. The molecule has 8 heteroatoms. The maximum absolute atomic E-state index is 12.6. The molecule has 1 amide bonds. The molecule has 27 heavy (non-hydrogen) atoms. The van der Waals surface area contributed by atoms with Crippen LogP contribution in [0.5, 0.6) is 0 Å². The van der Waals surface area contributed by atoms with Gasteiger partial charge >= 0.3 is 12.1 Å². The number of anilines is 1. The Morgan fingerprint density at radius 1 is 1.07 bits per heavy atom. The van der Waals surface area contributed by atoms with Gasteiger partial charge in [0.15, 0.2) is 0 Å². The molecular weight excluding hydrogens is 352 g/mol. The highest BCUT2D eigenvalue weighted by Crippen LogP contribution is 2.24. The summed E-state index contributed by atoms with van der Waals surface area (Å²) < 4.78 is 10.6. The van der Waals surface area contributed by atoms with Crippen molar-refractivity contribution in [3.63, 3.8) is 0 Å². The van der Waals surface area contributed by atoms with Crippen LogP contribution in [0.1, 0.15) is 54.4 Å². The van der Waals surface area contributed by atoms with Crippen molar-refractivity contribution in [3.8, 4) is 0 Å². The molecule has 0 aromatic heterocycles. The number of non-ortho nitro benzene ring substituents is 1. The highest BCUT2D eigenvalue weighted by atomic mass is 16.6. The summed E-state index contributed by atoms with van der Waals surface area (Å²) in [4.78, 5) is 36.2. The zero-order valence-corrected chi connectivity index (χ0v) is 16.8. The second-order valence-electron chi connectivity index (χ2n) is 8.10. The Labute approximate surface area is 159 Å². The Bertz CT molecular complexity index is 688. The molecule has 1 rings (SSSR count). The van der Waals surface area contributed by atoms with Crippen molar-refractivity contribution in [2.24, 2.45) is 0 Å². The van der Waals surface area contributed by atoms with Crippen molar-refractivity contribution in [1.29, 1.82) is 0 Å². The summed E-state index contributed by atoms with van der Waals surface area (Å²) in [5.74, 6) is -0.370. The third-order valence-corrected chi connectivity index (χ3v) is 3.15. The van der Waals surface area contributed by atoms with Crippen LogP contribution in [0.25, 0.3) is 0 Å². The topological polar surface area (TPSA) is 99.0 Å². The molecule has 0 N–H and O–H groups in total. The van der Waals surface area contributed by atoms with Crippen molar-refractivity contribution >= 4 is 23.4 Å². The first-order valence-electron chi connectivity index (χ1n) is 8.75. The molecule has 0 heterocycles. The van der Waals surface area contributed by atoms with Gasteiger partial charge in [0.05, 0.1) is 10.6 Å². The van der Waals surface area contributed by atoms with E-state index in [0.717, 1.165) is 0 Å². The molecule has 0 spiro atoms. The molecule has 0 aliphatic rings. The summed E-state index contributed by atoms with van der Waals surface area (Å²) in [7, 11) is 0. The van der Waals surface area contributed by atoms with Crippen molar-refractivity contribution in [2.45, 2.75) is 65.6 Å². The Morgan fingerprint density at radius 3 is 2.19 bits per heavy atom. The Hall–Kier alpha value is -2.64. The number of esters is 1. The summed E-state index contributed by atoms with van der Waals surface area (Å²) in [6.45, 7) is 10.7. The third kappa shape index (κ3) is 8.52. The average molecular weight is 380 g/mol. The van der Waals surface area contributed by atoms with Crippen LogP contribution in [-0.4, -0.2) is 34.7 Å². The second kappa shape index (κ2) is 8.83. The molecule has 8 nitrogen and oxygen atoms in total. The van der Waals surface area contributed by atoms with Crippen LogP contribution < -0.4 is 4.90 Å². The first kappa shape index (κ1) is 22.4. The minimum Gasteiger partial charge on any atom is -0.460 e. The van der Waals surface area contributed by atoms with E-state index in [1.165, 1.54) is 23.1 Å². The Morgan fingerprint density at radius 2 is 1.67 bits per heavy atom. The van der Waals surface area contributed by atoms with Crippen molar-refractivity contribution in [3.05, 3.63) is 34.4 Å². The lowest BCUT2D eigenvalue weighted by atomic mass is 10.2. The Balaban J connectivity index is 2.92. The lowest BCUT2D eigenvalue weighted by Crippen LogP contribution is -2.37. The average Bonchev–Trinajstić information content (AvgIpc) is 2.48. The van der Waals surface area contributed by atoms with Gasteiger partial charge in [0.25, 0.3) is 5.69 Å². The number of nitro benzene ring substituents is 1. The van der Waals surface area contributed by atoms with Gasteiger partial charge in [-0.1, -0.05) is 6.07 Å². The first-order chi connectivity index (χ1) is 12.3. The number of nitrogens with zero attached hydrogens (tertiary/aromatic N) is 2. The van der Waals surface area contributed by atoms with Gasteiger partial charge in [0, 0.05) is 25.1 Å². The number of nitro groups is 1. The summed E-state index contributed by atoms with van der Waals surface area (Å²) >= 11 is 0. The van der Waals surface area contributed by atoms with Gasteiger partial charge in [-0.05, 0) is 54.0 Å². The molecule has 1 aromatic rings. The highest BCUT2D eigenvalue weighted by Gasteiger charge is 2.25. The van der Waals surface area contributed by atoms with E-state index >= 15 is 0 Å². The highest BCUT2D eigenvalue weighted by molar-refractivity contribution is 5.88. The van der Waals surface area contributed by atoms with E-state index < -0.39 is 22.2 Å². The predicted molar refractivity (Wildman–Crippen MR) is 102 cm³/mol. The Kier molecular flexibility index (Phi) is 7.33. The second-order valence-corrected chi connectivity index (χ2v) is 8.10. The lowest BCUT2D eigenvalue weighted by molar-refractivity contribution is -0.384. The van der Waals surface area contributed by atoms with E-state index in [1.54, 1.807) is 47.6 Å². The molecule has 0 atom stereocenters. The van der Waals surface area contributed by atoms with Crippen molar-refractivity contribution in [2.75, 3.05) is 11.4 Å². The zero-order valence-electron chi connectivity index (χ0n) is 16.8. The quantitative estimate of drug-likeness (QED) is 0.410. The smallest absolute Gasteiger partial charge is 0.414 e. The van der Waals surface area contributed by atoms with Crippen LogP contribution in [0, 0.1) is 10.1 Å². The SMILES string of the molecule is CC(C)(C)OC(=O)CCCN(C(=O)OC(C)(C)C)c1cccc([N+](=O)[O-])c1. The number of hydrogen-bond acceptors (Lipinski definition) is 6. The predicted octanol–water partition coefficient (Wildman–Crippen LogP) is 4.46. The molecular formula is C19H28N2O6. The molecule has 0 saturated heterocycles. The molecule has 0 radical (unpaired) electrons. The van der Waals surface area contributed by atoms with Gasteiger partial charge in [-0.15, -0.1) is 0 Å². The van der Waals surface area contributed by atoms with Crippen molar-refractivity contribution in [1.82, 2.24) is 0 Å². The number of carbonyl (C=O) groups is 2. The van der Waals surface area contributed by atoms with E-state index in [2.05, 4.69) is 0 Å². The number of amides is 1. The molecule has 0 aliphatic carbocycles. The normalized spacial score (nSPS) is 11.6. The fourth-order valence-corrected chi connectivity index (χ4v) is 2.19. The largest absolute Gasteiger partial charge is 0.460 e. The molecule has 150 valence electrons. The number of ether oxygens (including phenoxy) is 2. The van der Waals surface area contributed by atoms with Gasteiger partial charge < -0.3 is 9.47 Å². The lowest BCUT2D eigenvalue weighted by Gasteiger charge is -2.27. The summed E-state index contributed by atoms with van der Waals surface area (Å²) in [6.07, 6.45) is -0.185. The first-order valence-corrected chi connectivity index (χ1v) is 8.75. The van der Waals surface area contributed by atoms with Gasteiger partial charge in [-0.2, -0.15) is 0 Å². The minimum atomic E-state index is -0.721. The minimum absolute atomic E-state index is 0.117. The fraction of sp³-hybridized carbons (Fsp3) is 0.579. The summed E-state index contributed by atoms with van der Waals surface area (Å²) in [5, 5.41) is 11.0. The van der Waals surface area contributed by atoms with Gasteiger partial charge in [0.1, 0.15) is 11.2 Å². The molecule has 0 unspecified atom stereocenters. The van der Waals surface area contributed by atoms with E-state index in [-0.39, 0.29) is 24.6 Å². The number of rotatable bonds is 6. The van der Waals surface area contributed by atoms with Crippen LogP contribution in [0.2, 0.25) is 0 Å². The maximum atomic E-state index is 12.6. The van der Waals surface area contributed by atoms with Crippen molar-refractivity contribution < 1.29 is 24.0 Å². The number of carbonyl (C=O) groups excluding carboxylic acids is 2. The van der Waals surface area contributed by atoms with Crippen LogP contribution >= 0.6 is 0 Å².